The predicted molar refractivity (Wildman–Crippen MR) is 204 cm³/mol. The molecule has 1 N–H and O–H groups in total. The maximum Gasteiger partial charge on any atom is 0.385 e. The molecule has 0 amide bonds. The second-order valence-electron chi connectivity index (χ2n) is 5.10. The Bertz CT molecular complexity index is 1870. The van der Waals surface area contributed by atoms with Crippen LogP contribution in [0.25, 0.3) is 0 Å². The van der Waals surface area contributed by atoms with Crippen molar-refractivity contribution in [2.75, 3.05) is 13.2 Å². The van der Waals surface area contributed by atoms with Gasteiger partial charge in [0.25, 0.3) is 0 Å². The highest BCUT2D eigenvalue weighted by atomic mass is 32.1. The van der Waals surface area contributed by atoms with Crippen molar-refractivity contribution >= 4 is 25.4 Å². The molecule has 5 nitrogen and oxygen atoms in total. The number of aliphatic hydroxyl groups excluding tert-OH is 1. The van der Waals surface area contributed by atoms with E-state index >= 15 is 0 Å². The first-order valence-electron chi connectivity index (χ1n) is 9.55. The van der Waals surface area contributed by atoms with E-state index in [2.05, 4.69) is 154 Å². The van der Waals surface area contributed by atoms with Gasteiger partial charge >= 0.3 is 11.9 Å². The molecule has 0 saturated heterocycles. The van der Waals surface area contributed by atoms with Crippen LogP contribution in [0.5, 0.6) is 0 Å². The van der Waals surface area contributed by atoms with E-state index < -0.39 is 31.3 Å². The quantitative estimate of drug-likeness (QED) is 0.284. The van der Waals surface area contributed by atoms with E-state index in [0.29, 0.717) is 0 Å². The lowest BCUT2D eigenvalue weighted by atomic mass is 10.4. The van der Waals surface area contributed by atoms with Crippen LogP contribution in [0.15, 0.2) is 0 Å². The zero-order valence-corrected chi connectivity index (χ0v) is 20.7. The largest absolute Gasteiger partial charge is 0.452 e. The number of aliphatic hydroxyl groups is 1. The summed E-state index contributed by atoms with van der Waals surface area (Å²) in [6, 6.07) is 0. The molecule has 0 rings (SSSR count). The molecule has 0 radical (unpaired) electrons. The monoisotopic (exact) mass is 570 g/mol. The smallest absolute Gasteiger partial charge is 0.385 e. The minimum atomic E-state index is -1.16. The van der Waals surface area contributed by atoms with Gasteiger partial charge in [-0.3, -0.25) is 0 Å². The van der Waals surface area contributed by atoms with Crippen molar-refractivity contribution in [3.63, 3.8) is 0 Å². The van der Waals surface area contributed by atoms with E-state index in [0.717, 1.165) is 0 Å². The van der Waals surface area contributed by atoms with Crippen LogP contribution in [0.4, 0.5) is 0 Å². The number of esters is 2. The van der Waals surface area contributed by atoms with E-state index in [4.69, 9.17) is 22.3 Å². The van der Waals surface area contributed by atoms with Crippen molar-refractivity contribution in [3.05, 3.63) is 0 Å². The van der Waals surface area contributed by atoms with Gasteiger partial charge in [-0.25, -0.2) is 9.59 Å². The van der Waals surface area contributed by atoms with Crippen molar-refractivity contribution < 1.29 is 61.3 Å². The highest BCUT2D eigenvalue weighted by Crippen LogP contribution is 1.94. The molecule has 0 aliphatic rings. The first-order chi connectivity index (χ1) is 18.6. The Morgan fingerprint density at radius 3 is 1.21 bits per heavy atom. The summed E-state index contributed by atoms with van der Waals surface area (Å²) in [5, 5.41) is 9.24. The summed E-state index contributed by atoms with van der Waals surface area (Å²) in [6.45, 7) is -1.08. The minimum Gasteiger partial charge on any atom is -0.452 e. The molecule has 0 aromatic carbocycles. The number of rotatable bonds is 4. The first kappa shape index (κ1) is 34.3. The molecule has 0 fully saturated rings. The Labute approximate surface area is 274 Å². The van der Waals surface area contributed by atoms with Gasteiger partial charge in [-0.2, -0.15) is 13.5 Å². The normalized spacial score (nSPS) is 6.23. The number of hydrogen-bond acceptors (Lipinski definition) is 5. The second-order valence-corrected chi connectivity index (χ2v) is 5.10. The molecule has 0 saturated carbocycles. The van der Waals surface area contributed by atoms with Gasteiger partial charge < -0.3 is 14.6 Å². The number of carbonyl (C=O) groups excluding carboxylic acids is 2. The van der Waals surface area contributed by atoms with Gasteiger partial charge in [0, 0.05) is 48.9 Å². The Hall–Kier alpha value is -6.91. The predicted octanol–water partition coefficient (Wildman–Crippen LogP) is 5.25. The molecular formula is C33H62O5S. The molecule has 0 heterocycles. The van der Waals surface area contributed by atoms with Crippen molar-refractivity contribution in [2.45, 2.75) is 6.10 Å². The SMILES string of the molecule is C#CC#CC#CC#CC#CC#CC#CC(=O)OC[C@@H](CO)OC(=O)C#CC#CC#CC#CC#CC#CC#C.S.[HH].[HH].[HH].[HH].[HH].[HH].[HH].[HH].[HH].[HH].[HH].[HH].[HH].[HH].[HH].[HH].[HH].[HH].[HH].[HH].[HH].[HH].[HH].[HH].[HH].[HH]. The van der Waals surface area contributed by atoms with Crippen LogP contribution in [0.2, 0.25) is 0 Å². The van der Waals surface area contributed by atoms with E-state index in [1.54, 1.807) is 0 Å². The summed E-state index contributed by atoms with van der Waals surface area (Å²) >= 11 is 0. The highest BCUT2D eigenvalue weighted by Gasteiger charge is 2.14. The van der Waals surface area contributed by atoms with Crippen molar-refractivity contribution in [3.8, 4) is 167 Å². The molecule has 0 aromatic rings. The summed E-state index contributed by atoms with van der Waals surface area (Å²) < 4.78 is 9.60. The first-order valence-corrected chi connectivity index (χ1v) is 9.55. The summed E-state index contributed by atoms with van der Waals surface area (Å²) in [7, 11) is 0. The third-order valence-electron chi connectivity index (χ3n) is 2.60. The number of hydrogen-bond donors (Lipinski definition) is 1. The fourth-order valence-electron chi connectivity index (χ4n) is 1.31. The van der Waals surface area contributed by atoms with Gasteiger partial charge in [-0.1, -0.05) is 0 Å². The molecule has 0 aliphatic carbocycles. The van der Waals surface area contributed by atoms with E-state index in [1.165, 1.54) is 0 Å². The third kappa shape index (κ3) is 25.5. The Morgan fingerprint density at radius 1 is 0.564 bits per heavy atom. The van der Waals surface area contributed by atoms with Gasteiger partial charge in [-0.15, -0.1) is 12.8 Å². The van der Waals surface area contributed by atoms with Gasteiger partial charge in [0.15, 0.2) is 6.10 Å². The number of ether oxygens (including phenoxy) is 2. The maximum absolute atomic E-state index is 11.6. The van der Waals surface area contributed by atoms with Gasteiger partial charge in [0.1, 0.15) is 6.61 Å². The average Bonchev–Trinajstić information content (AvgIpc) is 2.92. The standard InChI is InChI=1S/C33H8O5.H2S.26H2/c1-3-5-7-9-11-13-15-17-19-21-23-25-27-32(35)37-30-31(29-34)38-33(36)28-26-24-22-20-18-16-14-12-10-8-6-4-2;;;;;;;;;;;;;;;;;;;;;;;;;;;/h1-2,31,34H,29-30H2;1H2;26*1H/t31-;;;;;;;;;;;;;;;;;;;;;;;;;;;/m1.........................../s1. The number of carbonyl (C=O) groups is 2. The Kier molecular flexibility index (Phi) is 24.0. The molecule has 39 heavy (non-hydrogen) atoms. The molecule has 0 spiro atoms. The topological polar surface area (TPSA) is 72.8 Å². The highest BCUT2D eigenvalue weighted by molar-refractivity contribution is 7.59. The van der Waals surface area contributed by atoms with Crippen LogP contribution in [0.3, 0.4) is 0 Å². The van der Waals surface area contributed by atoms with Crippen molar-refractivity contribution in [1.82, 2.24) is 0 Å². The van der Waals surface area contributed by atoms with Crippen LogP contribution >= 0.6 is 13.5 Å². The second kappa shape index (κ2) is 27.3. The molecule has 0 aromatic heterocycles. The summed E-state index contributed by atoms with van der Waals surface area (Å²) in [5.74, 6) is 58.1. The maximum atomic E-state index is 11.6. The van der Waals surface area contributed by atoms with E-state index in [1.807, 2.05) is 0 Å². The van der Waals surface area contributed by atoms with Crippen molar-refractivity contribution in [2.24, 2.45) is 0 Å². The molecular weight excluding hydrogens is 508 g/mol. The molecule has 0 bridgehead atoms. The van der Waals surface area contributed by atoms with Crippen molar-refractivity contribution in [1.29, 1.82) is 0 Å². The van der Waals surface area contributed by atoms with Gasteiger partial charge in [-0.05, 0) is 142 Å². The van der Waals surface area contributed by atoms with Crippen LogP contribution in [-0.4, -0.2) is 36.4 Å². The van der Waals surface area contributed by atoms with E-state index in [-0.39, 0.29) is 50.6 Å². The summed E-state index contributed by atoms with van der Waals surface area (Å²) in [6.07, 6.45) is 8.67. The molecule has 0 unspecified atom stereocenters. The molecule has 230 valence electrons. The summed E-state index contributed by atoms with van der Waals surface area (Å²) in [5.41, 5.74) is 0. The van der Waals surface area contributed by atoms with Gasteiger partial charge in [0.2, 0.25) is 0 Å². The fraction of sp³-hybridized carbons (Fsp3) is 0.0909. The van der Waals surface area contributed by atoms with Crippen LogP contribution in [-0.2, 0) is 19.1 Å². The Morgan fingerprint density at radius 2 is 0.872 bits per heavy atom. The lowest BCUT2D eigenvalue weighted by molar-refractivity contribution is -0.153. The lowest BCUT2D eigenvalue weighted by Gasteiger charge is -2.12. The molecule has 1 atom stereocenters. The van der Waals surface area contributed by atoms with Crippen LogP contribution in [0, 0.1) is 167 Å². The fourth-order valence-corrected chi connectivity index (χ4v) is 1.31. The summed E-state index contributed by atoms with van der Waals surface area (Å²) in [4.78, 5) is 23.2. The zero-order chi connectivity index (χ0) is 27.9. The third-order valence-corrected chi connectivity index (χ3v) is 2.60. The van der Waals surface area contributed by atoms with Gasteiger partial charge in [0.05, 0.1) is 6.61 Å². The van der Waals surface area contributed by atoms with Crippen LogP contribution < -0.4 is 0 Å². The average molecular weight is 571 g/mol. The van der Waals surface area contributed by atoms with E-state index in [9.17, 15) is 14.7 Å². The minimum absolute atomic E-state index is 0. The zero-order valence-electron chi connectivity index (χ0n) is 19.7. The van der Waals surface area contributed by atoms with Crippen LogP contribution in [0.1, 0.15) is 37.1 Å². The molecule has 6 heteroatoms. The lowest BCUT2D eigenvalue weighted by Crippen LogP contribution is -2.27. The Balaban J connectivity index is -0.0000000195. The molecule has 0 aliphatic heterocycles. The number of terminal acetylenes is 2.